The maximum atomic E-state index is 12.3. The summed E-state index contributed by atoms with van der Waals surface area (Å²) in [6.45, 7) is 6.47. The molecule has 1 amide bonds. The molecule has 0 spiro atoms. The fourth-order valence-electron chi connectivity index (χ4n) is 3.50. The number of hydrogen-bond acceptors (Lipinski definition) is 2. The fraction of sp³-hybridized carbons (Fsp3) is 0.538. The zero-order valence-corrected chi connectivity index (χ0v) is 19.9. The molecule has 0 atom stereocenters. The van der Waals surface area contributed by atoms with Crippen LogP contribution in [0.3, 0.4) is 0 Å². The number of nitrogens with one attached hydrogen (secondary N) is 1. The van der Waals surface area contributed by atoms with Gasteiger partial charge in [-0.1, -0.05) is 69.5 Å². The Morgan fingerprint density at radius 3 is 2.48 bits per heavy atom. The van der Waals surface area contributed by atoms with Crippen molar-refractivity contribution in [3.63, 3.8) is 0 Å². The van der Waals surface area contributed by atoms with E-state index in [1.54, 1.807) is 0 Å². The molecule has 4 nitrogen and oxygen atoms in total. The Morgan fingerprint density at radius 2 is 1.77 bits per heavy atom. The number of pyridine rings is 1. The van der Waals surface area contributed by atoms with Crippen molar-refractivity contribution in [1.29, 1.82) is 0 Å². The zero-order chi connectivity index (χ0) is 22.3. The minimum Gasteiger partial charge on any atom is -0.494 e. The third-order valence-electron chi connectivity index (χ3n) is 5.42. The van der Waals surface area contributed by atoms with E-state index < -0.39 is 0 Å². The van der Waals surface area contributed by atoms with Gasteiger partial charge in [0.25, 0.3) is 0 Å². The number of carbonyl (C=O) groups is 1. The van der Waals surface area contributed by atoms with E-state index in [2.05, 4.69) is 23.7 Å². The molecule has 0 radical (unpaired) electrons. The summed E-state index contributed by atoms with van der Waals surface area (Å²) in [5.74, 6) is 0.729. The van der Waals surface area contributed by atoms with Crippen LogP contribution in [0.25, 0.3) is 0 Å². The highest BCUT2D eigenvalue weighted by Gasteiger charge is 2.09. The summed E-state index contributed by atoms with van der Waals surface area (Å²) in [7, 11) is 0. The molecule has 0 fully saturated rings. The van der Waals surface area contributed by atoms with Gasteiger partial charge in [-0.3, -0.25) is 4.79 Å². The van der Waals surface area contributed by atoms with Gasteiger partial charge in [0.15, 0.2) is 12.4 Å². The molecule has 0 aliphatic heterocycles. The van der Waals surface area contributed by atoms with Crippen LogP contribution in [-0.4, -0.2) is 12.5 Å². The van der Waals surface area contributed by atoms with Gasteiger partial charge in [-0.25, -0.2) is 4.57 Å². The molecular weight excluding hydrogens is 408 g/mol. The van der Waals surface area contributed by atoms with E-state index in [9.17, 15) is 4.79 Å². The molecule has 1 N–H and O–H groups in total. The Balaban J connectivity index is 1.67. The third-order valence-corrected chi connectivity index (χ3v) is 5.77. The van der Waals surface area contributed by atoms with Crippen molar-refractivity contribution in [2.24, 2.45) is 0 Å². The van der Waals surface area contributed by atoms with Crippen LogP contribution in [-0.2, 0) is 24.3 Å². The van der Waals surface area contributed by atoms with E-state index in [4.69, 9.17) is 16.3 Å². The number of ether oxygens (including phenoxy) is 1. The molecule has 0 saturated heterocycles. The second-order valence-electron chi connectivity index (χ2n) is 8.07. The summed E-state index contributed by atoms with van der Waals surface area (Å²) in [5.41, 5.74) is 1.89. The number of aryl methyl sites for hydroxylation is 1. The SMILES string of the molecule is CCCCCCCCCCOc1ccc(CC(=O)NCc2ccc[n+](CC)c2)c(Cl)c1. The molecule has 1 aromatic carbocycles. The highest BCUT2D eigenvalue weighted by Crippen LogP contribution is 2.23. The molecule has 31 heavy (non-hydrogen) atoms. The Kier molecular flexibility index (Phi) is 12.1. The van der Waals surface area contributed by atoms with Gasteiger partial charge in [0.1, 0.15) is 12.3 Å². The largest absolute Gasteiger partial charge is 0.494 e. The number of amides is 1. The maximum Gasteiger partial charge on any atom is 0.224 e. The third kappa shape index (κ3) is 10.2. The van der Waals surface area contributed by atoms with Gasteiger partial charge in [-0.15, -0.1) is 0 Å². The van der Waals surface area contributed by atoms with Crippen LogP contribution in [0.2, 0.25) is 5.02 Å². The van der Waals surface area contributed by atoms with Crippen LogP contribution < -0.4 is 14.6 Å². The predicted octanol–water partition coefficient (Wildman–Crippen LogP) is 6.03. The highest BCUT2D eigenvalue weighted by molar-refractivity contribution is 6.31. The first-order valence-electron chi connectivity index (χ1n) is 11.8. The molecule has 0 aliphatic rings. The second kappa shape index (κ2) is 14.9. The molecule has 1 aromatic heterocycles. The van der Waals surface area contributed by atoms with Crippen LogP contribution >= 0.6 is 11.6 Å². The molecule has 0 bridgehead atoms. The number of carbonyl (C=O) groups excluding carboxylic acids is 1. The summed E-state index contributed by atoms with van der Waals surface area (Å²) in [6.07, 6.45) is 14.6. The van der Waals surface area contributed by atoms with Crippen molar-refractivity contribution < 1.29 is 14.1 Å². The van der Waals surface area contributed by atoms with E-state index in [1.807, 2.05) is 42.7 Å². The van der Waals surface area contributed by atoms with E-state index >= 15 is 0 Å². The smallest absolute Gasteiger partial charge is 0.224 e. The minimum atomic E-state index is -0.0404. The molecule has 170 valence electrons. The van der Waals surface area contributed by atoms with Crippen molar-refractivity contribution in [3.05, 3.63) is 58.9 Å². The summed E-state index contributed by atoms with van der Waals surface area (Å²) >= 11 is 6.39. The number of unbranched alkanes of at least 4 members (excludes halogenated alkanes) is 7. The molecule has 0 aliphatic carbocycles. The molecule has 2 rings (SSSR count). The zero-order valence-electron chi connectivity index (χ0n) is 19.2. The van der Waals surface area contributed by atoms with Crippen molar-refractivity contribution in [2.45, 2.75) is 84.7 Å². The lowest BCUT2D eigenvalue weighted by atomic mass is 10.1. The van der Waals surface area contributed by atoms with Gasteiger partial charge in [-0.05, 0) is 37.1 Å². The van der Waals surface area contributed by atoms with Gasteiger partial charge in [0, 0.05) is 23.2 Å². The minimum absolute atomic E-state index is 0.0404. The van der Waals surface area contributed by atoms with E-state index in [-0.39, 0.29) is 12.3 Å². The lowest BCUT2D eigenvalue weighted by Gasteiger charge is -2.10. The first-order valence-corrected chi connectivity index (χ1v) is 12.2. The van der Waals surface area contributed by atoms with Crippen LogP contribution in [0.1, 0.15) is 76.3 Å². The average Bonchev–Trinajstić information content (AvgIpc) is 2.78. The van der Waals surface area contributed by atoms with Gasteiger partial charge in [-0.2, -0.15) is 0 Å². The fourth-order valence-corrected chi connectivity index (χ4v) is 3.74. The summed E-state index contributed by atoms with van der Waals surface area (Å²) in [4.78, 5) is 12.3. The molecular formula is C26H38ClN2O2+. The molecule has 0 saturated carbocycles. The monoisotopic (exact) mass is 445 g/mol. The molecule has 5 heteroatoms. The quantitative estimate of drug-likeness (QED) is 0.269. The number of rotatable bonds is 15. The number of benzene rings is 1. The standard InChI is InChI=1S/C26H37ClN2O2/c1-3-5-6-7-8-9-10-11-17-31-24-15-14-23(25(27)19-24)18-26(30)28-20-22-13-12-16-29(4-2)21-22/h12-16,19,21H,3-11,17-18,20H2,1-2H3/p+1. The van der Waals surface area contributed by atoms with Gasteiger partial charge in [0.2, 0.25) is 5.91 Å². The topological polar surface area (TPSA) is 42.2 Å². The first-order chi connectivity index (χ1) is 15.1. The van der Waals surface area contributed by atoms with Crippen molar-refractivity contribution in [1.82, 2.24) is 5.32 Å². The van der Waals surface area contributed by atoms with E-state index in [0.29, 0.717) is 18.2 Å². The Bertz CT molecular complexity index is 795. The second-order valence-corrected chi connectivity index (χ2v) is 8.48. The highest BCUT2D eigenvalue weighted by atomic mass is 35.5. The van der Waals surface area contributed by atoms with E-state index in [0.717, 1.165) is 29.8 Å². The number of aromatic nitrogens is 1. The first kappa shape index (κ1) is 25.2. The van der Waals surface area contributed by atoms with Crippen molar-refractivity contribution >= 4 is 17.5 Å². The number of nitrogens with zero attached hydrogens (tertiary/aromatic N) is 1. The lowest BCUT2D eigenvalue weighted by Crippen LogP contribution is -2.33. The van der Waals surface area contributed by atoms with Gasteiger partial charge in [0.05, 0.1) is 13.0 Å². The van der Waals surface area contributed by atoms with E-state index in [1.165, 1.54) is 44.9 Å². The Labute approximate surface area is 193 Å². The molecule has 2 aromatic rings. The summed E-state index contributed by atoms with van der Waals surface area (Å²) in [6, 6.07) is 9.61. The predicted molar refractivity (Wildman–Crippen MR) is 127 cm³/mol. The van der Waals surface area contributed by atoms with Crippen molar-refractivity contribution in [2.75, 3.05) is 6.61 Å². The Morgan fingerprint density at radius 1 is 1.03 bits per heavy atom. The van der Waals surface area contributed by atoms with Gasteiger partial charge >= 0.3 is 0 Å². The summed E-state index contributed by atoms with van der Waals surface area (Å²) in [5, 5.41) is 3.54. The summed E-state index contributed by atoms with van der Waals surface area (Å²) < 4.78 is 7.92. The van der Waals surface area contributed by atoms with Gasteiger partial charge < -0.3 is 10.1 Å². The molecule has 1 heterocycles. The maximum absolute atomic E-state index is 12.3. The molecule has 0 unspecified atom stereocenters. The number of hydrogen-bond donors (Lipinski definition) is 1. The Hall–Kier alpha value is -2.07. The van der Waals surface area contributed by atoms with Crippen LogP contribution in [0.5, 0.6) is 5.75 Å². The van der Waals surface area contributed by atoms with Crippen LogP contribution in [0.4, 0.5) is 0 Å². The lowest BCUT2D eigenvalue weighted by molar-refractivity contribution is -0.694. The normalized spacial score (nSPS) is 10.8. The number of halogens is 1. The van der Waals surface area contributed by atoms with Crippen LogP contribution in [0, 0.1) is 0 Å². The van der Waals surface area contributed by atoms with Crippen LogP contribution in [0.15, 0.2) is 42.7 Å². The van der Waals surface area contributed by atoms with Crippen molar-refractivity contribution in [3.8, 4) is 5.75 Å². The average molecular weight is 446 g/mol.